The summed E-state index contributed by atoms with van der Waals surface area (Å²) in [5.41, 5.74) is 13.0. The highest BCUT2D eigenvalue weighted by molar-refractivity contribution is 6.06. The Morgan fingerprint density at radius 3 is 2.04 bits per heavy atom. The molecule has 0 bridgehead atoms. The summed E-state index contributed by atoms with van der Waals surface area (Å²) < 4.78 is 19.6. The zero-order valence-electron chi connectivity index (χ0n) is 29.6. The molecule has 0 unspecified atom stereocenters. The van der Waals surface area contributed by atoms with Gasteiger partial charge in [-0.1, -0.05) is 129 Å². The predicted molar refractivity (Wildman–Crippen MR) is 215 cm³/mol. The van der Waals surface area contributed by atoms with Crippen molar-refractivity contribution in [2.24, 2.45) is 0 Å². The van der Waals surface area contributed by atoms with Crippen LogP contribution < -0.4 is 9.47 Å². The average molecular weight is 697 g/mol. The highest BCUT2D eigenvalue weighted by atomic mass is 16.6. The van der Waals surface area contributed by atoms with E-state index < -0.39 is 0 Å². The molecule has 0 saturated heterocycles. The van der Waals surface area contributed by atoms with Gasteiger partial charge in [-0.3, -0.25) is 0 Å². The Morgan fingerprint density at radius 2 is 1.15 bits per heavy atom. The zero-order chi connectivity index (χ0) is 36.0. The Kier molecular flexibility index (Phi) is 6.53. The van der Waals surface area contributed by atoms with E-state index in [-0.39, 0.29) is 5.41 Å². The molecule has 2 aliphatic rings. The van der Waals surface area contributed by atoms with E-state index in [4.69, 9.17) is 23.9 Å². The van der Waals surface area contributed by atoms with Gasteiger partial charge in [-0.2, -0.15) is 0 Å². The second-order valence-electron chi connectivity index (χ2n) is 14.5. The van der Waals surface area contributed by atoms with E-state index in [1.807, 2.05) is 60.7 Å². The lowest BCUT2D eigenvalue weighted by Gasteiger charge is -2.25. The van der Waals surface area contributed by atoms with E-state index >= 15 is 0 Å². The van der Waals surface area contributed by atoms with Crippen LogP contribution in [0, 0.1) is 0 Å². The minimum atomic E-state index is -0.125. The SMILES string of the molecule is CC1(C)c2ccccc2-c2c1ccc1c2Oc2ccc(-c3ccccc3-c3cc(-c4ccc5c(c4)oc4ccccc45)nc(-c4ccccc4)n3)cc2O1. The smallest absolute Gasteiger partial charge is 0.178 e. The number of benzene rings is 7. The third kappa shape index (κ3) is 4.65. The summed E-state index contributed by atoms with van der Waals surface area (Å²) in [4.78, 5) is 10.3. The predicted octanol–water partition coefficient (Wildman–Crippen LogP) is 13.2. The number of aromatic nitrogens is 2. The topological polar surface area (TPSA) is 57.4 Å². The normalized spacial score (nSPS) is 13.4. The maximum atomic E-state index is 6.70. The molecule has 5 heteroatoms. The second-order valence-corrected chi connectivity index (χ2v) is 14.5. The molecule has 3 heterocycles. The molecule has 0 atom stereocenters. The number of para-hydroxylation sites is 1. The van der Waals surface area contributed by atoms with Crippen molar-refractivity contribution in [2.45, 2.75) is 19.3 Å². The van der Waals surface area contributed by atoms with Crippen molar-refractivity contribution in [2.75, 3.05) is 0 Å². The Balaban J connectivity index is 1.01. The van der Waals surface area contributed by atoms with Gasteiger partial charge in [0.15, 0.2) is 28.8 Å². The van der Waals surface area contributed by atoms with Crippen LogP contribution in [0.25, 0.3) is 78.1 Å². The van der Waals surface area contributed by atoms with Crippen LogP contribution in [0.1, 0.15) is 25.0 Å². The lowest BCUT2D eigenvalue weighted by atomic mass is 9.82. The molecule has 0 fully saturated rings. The molecule has 0 amide bonds. The first-order chi connectivity index (χ1) is 26.5. The second kappa shape index (κ2) is 11.5. The lowest BCUT2D eigenvalue weighted by Crippen LogP contribution is -2.15. The van der Waals surface area contributed by atoms with E-state index in [1.165, 1.54) is 16.7 Å². The number of ether oxygens (including phenoxy) is 2. The van der Waals surface area contributed by atoms with Gasteiger partial charge in [0.25, 0.3) is 0 Å². The van der Waals surface area contributed by atoms with Crippen molar-refractivity contribution >= 4 is 21.9 Å². The van der Waals surface area contributed by atoms with Gasteiger partial charge in [0.1, 0.15) is 11.2 Å². The van der Waals surface area contributed by atoms with E-state index in [1.54, 1.807) is 0 Å². The van der Waals surface area contributed by atoms with Gasteiger partial charge < -0.3 is 13.9 Å². The molecule has 11 rings (SSSR count). The fourth-order valence-corrected chi connectivity index (χ4v) is 8.29. The van der Waals surface area contributed by atoms with Crippen LogP contribution in [-0.4, -0.2) is 9.97 Å². The molecule has 1 aliphatic carbocycles. The minimum absolute atomic E-state index is 0.125. The van der Waals surface area contributed by atoms with Gasteiger partial charge in [-0.25, -0.2) is 9.97 Å². The van der Waals surface area contributed by atoms with E-state index in [0.717, 1.165) is 72.5 Å². The van der Waals surface area contributed by atoms with Crippen LogP contribution in [-0.2, 0) is 5.41 Å². The van der Waals surface area contributed by atoms with Crippen molar-refractivity contribution < 1.29 is 13.9 Å². The number of fused-ring (bicyclic) bond motifs is 9. The zero-order valence-corrected chi connectivity index (χ0v) is 29.6. The summed E-state index contributed by atoms with van der Waals surface area (Å²) in [6.07, 6.45) is 0. The average Bonchev–Trinajstić information content (AvgIpc) is 3.71. The molecule has 0 spiro atoms. The number of hydrogen-bond donors (Lipinski definition) is 0. The van der Waals surface area contributed by atoms with Gasteiger partial charge in [-0.15, -0.1) is 0 Å². The summed E-state index contributed by atoms with van der Waals surface area (Å²) in [6.45, 7) is 4.54. The third-order valence-electron chi connectivity index (χ3n) is 11.0. The lowest BCUT2D eigenvalue weighted by molar-refractivity contribution is 0.360. The fourth-order valence-electron chi connectivity index (χ4n) is 8.29. The first kappa shape index (κ1) is 30.6. The van der Waals surface area contributed by atoms with E-state index in [2.05, 4.69) is 111 Å². The minimum Gasteiger partial charge on any atom is -0.456 e. The van der Waals surface area contributed by atoms with Crippen molar-refractivity contribution in [1.82, 2.24) is 9.97 Å². The number of furan rings is 1. The first-order valence-electron chi connectivity index (χ1n) is 18.2. The van der Waals surface area contributed by atoms with E-state index in [9.17, 15) is 0 Å². The van der Waals surface area contributed by atoms with Gasteiger partial charge >= 0.3 is 0 Å². The Bertz CT molecular complexity index is 2980. The molecule has 1 aliphatic heterocycles. The highest BCUT2D eigenvalue weighted by Gasteiger charge is 2.39. The van der Waals surface area contributed by atoms with Gasteiger partial charge in [0.05, 0.1) is 11.4 Å². The maximum Gasteiger partial charge on any atom is 0.178 e. The summed E-state index contributed by atoms with van der Waals surface area (Å²) in [5.74, 6) is 3.50. The van der Waals surface area contributed by atoms with Crippen molar-refractivity contribution in [1.29, 1.82) is 0 Å². The van der Waals surface area contributed by atoms with Gasteiger partial charge in [0.2, 0.25) is 0 Å². The number of rotatable bonds is 4. The molecule has 0 saturated carbocycles. The molecule has 2 aromatic heterocycles. The first-order valence-corrected chi connectivity index (χ1v) is 18.2. The molecule has 0 N–H and O–H groups in total. The summed E-state index contributed by atoms with van der Waals surface area (Å²) in [7, 11) is 0. The number of hydrogen-bond acceptors (Lipinski definition) is 5. The van der Waals surface area contributed by atoms with Crippen LogP contribution in [0.5, 0.6) is 23.0 Å². The molecule has 7 aromatic carbocycles. The monoisotopic (exact) mass is 696 g/mol. The molecule has 0 radical (unpaired) electrons. The summed E-state index contributed by atoms with van der Waals surface area (Å²) >= 11 is 0. The standard InChI is InChI=1S/C49H32N2O3/c1-49(2)37-18-10-8-17-36(37)46-38(49)23-25-43-47(46)54-42-24-21-30(26-45(42)53-43)32-14-6-7-15-33(32)40-28-39(50-48(51-40)29-12-4-3-5-13-29)31-20-22-35-34-16-9-11-19-41(34)52-44(35)27-31/h3-28H,1-2H3. The van der Waals surface area contributed by atoms with Crippen molar-refractivity contribution in [3.63, 3.8) is 0 Å². The van der Waals surface area contributed by atoms with Crippen LogP contribution in [0.4, 0.5) is 0 Å². The Labute approximate surface area is 312 Å². The third-order valence-corrected chi connectivity index (χ3v) is 11.0. The van der Waals surface area contributed by atoms with Crippen molar-refractivity contribution in [3.8, 4) is 79.2 Å². The van der Waals surface area contributed by atoms with Crippen LogP contribution >= 0.6 is 0 Å². The fraction of sp³-hybridized carbons (Fsp3) is 0.0612. The number of nitrogens with zero attached hydrogens (tertiary/aromatic N) is 2. The molecule has 256 valence electrons. The van der Waals surface area contributed by atoms with E-state index in [0.29, 0.717) is 23.1 Å². The molecule has 5 nitrogen and oxygen atoms in total. The van der Waals surface area contributed by atoms with Gasteiger partial charge in [-0.05, 0) is 70.3 Å². The molecule has 9 aromatic rings. The maximum absolute atomic E-state index is 6.70. The molecular formula is C49H32N2O3. The van der Waals surface area contributed by atoms with Crippen molar-refractivity contribution in [3.05, 3.63) is 169 Å². The van der Waals surface area contributed by atoms with Crippen LogP contribution in [0.3, 0.4) is 0 Å². The Hall–Kier alpha value is -6.98. The molecular weight excluding hydrogens is 665 g/mol. The van der Waals surface area contributed by atoms with Gasteiger partial charge in [0, 0.05) is 38.4 Å². The highest BCUT2D eigenvalue weighted by Crippen LogP contribution is 2.58. The summed E-state index contributed by atoms with van der Waals surface area (Å²) in [5, 5.41) is 2.18. The Morgan fingerprint density at radius 1 is 0.444 bits per heavy atom. The van der Waals surface area contributed by atoms with Crippen LogP contribution in [0.15, 0.2) is 162 Å². The van der Waals surface area contributed by atoms with Crippen LogP contribution in [0.2, 0.25) is 0 Å². The molecule has 54 heavy (non-hydrogen) atoms. The summed E-state index contributed by atoms with van der Waals surface area (Å²) in [6, 6.07) is 54.0. The quantitative estimate of drug-likeness (QED) is 0.183. The largest absolute Gasteiger partial charge is 0.456 e.